The van der Waals surface area contributed by atoms with Gasteiger partial charge in [0.1, 0.15) is 0 Å². The Morgan fingerprint density at radius 1 is 1.53 bits per heavy atom. The molecular formula is C12H18BrNS. The van der Waals surface area contributed by atoms with Gasteiger partial charge in [-0.15, -0.1) is 11.3 Å². The van der Waals surface area contributed by atoms with Crippen LogP contribution in [0.25, 0.3) is 0 Å². The van der Waals surface area contributed by atoms with Crippen molar-refractivity contribution < 1.29 is 0 Å². The summed E-state index contributed by atoms with van der Waals surface area (Å²) in [6.45, 7) is 10.6. The van der Waals surface area contributed by atoms with E-state index in [0.29, 0.717) is 0 Å². The molecule has 3 heteroatoms. The topological polar surface area (TPSA) is 26.0 Å². The Hall–Kier alpha value is -0.120. The molecule has 2 N–H and O–H groups in total. The van der Waals surface area contributed by atoms with Crippen molar-refractivity contribution in [3.63, 3.8) is 0 Å². The van der Waals surface area contributed by atoms with Crippen LogP contribution in [0.2, 0.25) is 0 Å². The summed E-state index contributed by atoms with van der Waals surface area (Å²) in [6, 6.07) is 4.23. The van der Waals surface area contributed by atoms with Gasteiger partial charge in [0, 0.05) is 17.3 Å². The molecule has 0 aliphatic heterocycles. The van der Waals surface area contributed by atoms with Crippen molar-refractivity contribution in [3.05, 3.63) is 32.9 Å². The molecule has 0 bridgehead atoms. The number of thiophene rings is 1. The zero-order chi connectivity index (χ0) is 11.6. The van der Waals surface area contributed by atoms with Gasteiger partial charge in [0.2, 0.25) is 0 Å². The first-order chi connectivity index (χ1) is 6.80. The predicted octanol–water partition coefficient (Wildman–Crippen LogP) is 3.98. The standard InChI is InChI=1S/C12H18BrNS/c1-8(12(2,3)4)10(14)7-9-5-6-11(13)15-9/h5-6,10H,1,7,14H2,2-4H3/t10-/m1/s1. The molecule has 0 radical (unpaired) electrons. The van der Waals surface area contributed by atoms with Gasteiger partial charge < -0.3 is 5.73 Å². The zero-order valence-electron chi connectivity index (χ0n) is 9.51. The van der Waals surface area contributed by atoms with Crippen molar-refractivity contribution >= 4 is 27.3 Å². The molecule has 0 aliphatic carbocycles. The summed E-state index contributed by atoms with van der Waals surface area (Å²) in [4.78, 5) is 1.31. The number of hydrogen-bond donors (Lipinski definition) is 1. The normalized spacial score (nSPS) is 13.9. The third-order valence-corrected chi connectivity index (χ3v) is 4.11. The third-order valence-electron chi connectivity index (χ3n) is 2.46. The third kappa shape index (κ3) is 3.74. The number of halogens is 1. The van der Waals surface area contributed by atoms with E-state index in [2.05, 4.69) is 55.4 Å². The van der Waals surface area contributed by atoms with Gasteiger partial charge in [-0.3, -0.25) is 0 Å². The molecule has 15 heavy (non-hydrogen) atoms. The summed E-state index contributed by atoms with van der Waals surface area (Å²) in [5.74, 6) is 0. The Labute approximate surface area is 105 Å². The van der Waals surface area contributed by atoms with Gasteiger partial charge in [-0.2, -0.15) is 0 Å². The first-order valence-electron chi connectivity index (χ1n) is 5.00. The van der Waals surface area contributed by atoms with Crippen LogP contribution in [0.1, 0.15) is 25.6 Å². The van der Waals surface area contributed by atoms with Crippen molar-refractivity contribution in [1.29, 1.82) is 0 Å². The van der Waals surface area contributed by atoms with E-state index >= 15 is 0 Å². The molecule has 0 saturated heterocycles. The van der Waals surface area contributed by atoms with Crippen LogP contribution < -0.4 is 5.73 Å². The predicted molar refractivity (Wildman–Crippen MR) is 72.3 cm³/mol. The van der Waals surface area contributed by atoms with E-state index in [4.69, 9.17) is 5.73 Å². The minimum absolute atomic E-state index is 0.0514. The number of rotatable bonds is 3. The lowest BCUT2D eigenvalue weighted by molar-refractivity contribution is 0.462. The summed E-state index contributed by atoms with van der Waals surface area (Å²) in [7, 11) is 0. The van der Waals surface area contributed by atoms with Crippen molar-refractivity contribution in [2.45, 2.75) is 33.2 Å². The maximum atomic E-state index is 6.14. The summed E-state index contributed by atoms with van der Waals surface area (Å²) in [6.07, 6.45) is 0.881. The second-order valence-electron chi connectivity index (χ2n) is 4.79. The molecular weight excluding hydrogens is 270 g/mol. The van der Waals surface area contributed by atoms with Gasteiger partial charge in [-0.1, -0.05) is 32.9 Å². The maximum absolute atomic E-state index is 6.14. The summed E-state index contributed by atoms with van der Waals surface area (Å²) in [5, 5.41) is 0. The molecule has 1 aromatic heterocycles. The average Bonchev–Trinajstić information content (AvgIpc) is 2.48. The minimum Gasteiger partial charge on any atom is -0.324 e. The van der Waals surface area contributed by atoms with E-state index < -0.39 is 0 Å². The highest BCUT2D eigenvalue weighted by Crippen LogP contribution is 2.29. The average molecular weight is 288 g/mol. The molecule has 0 aromatic carbocycles. The lowest BCUT2D eigenvalue weighted by atomic mass is 9.82. The summed E-state index contributed by atoms with van der Waals surface area (Å²) >= 11 is 5.19. The Bertz CT molecular complexity index is 349. The Balaban J connectivity index is 2.64. The first-order valence-corrected chi connectivity index (χ1v) is 6.60. The van der Waals surface area contributed by atoms with Gasteiger partial charge in [-0.25, -0.2) is 0 Å². The van der Waals surface area contributed by atoms with E-state index in [1.165, 1.54) is 4.88 Å². The second kappa shape index (κ2) is 4.81. The van der Waals surface area contributed by atoms with Crippen molar-refractivity contribution in [2.75, 3.05) is 0 Å². The van der Waals surface area contributed by atoms with Crippen LogP contribution in [0.15, 0.2) is 28.1 Å². The highest BCUT2D eigenvalue weighted by Gasteiger charge is 2.21. The smallest absolute Gasteiger partial charge is 0.0701 e. The van der Waals surface area contributed by atoms with Gasteiger partial charge in [0.25, 0.3) is 0 Å². The van der Waals surface area contributed by atoms with Crippen LogP contribution in [0.3, 0.4) is 0 Å². The van der Waals surface area contributed by atoms with Crippen LogP contribution in [0, 0.1) is 5.41 Å². The highest BCUT2D eigenvalue weighted by molar-refractivity contribution is 9.11. The quantitative estimate of drug-likeness (QED) is 0.836. The van der Waals surface area contributed by atoms with Crippen molar-refractivity contribution in [3.8, 4) is 0 Å². The van der Waals surface area contributed by atoms with Gasteiger partial charge in [0.05, 0.1) is 3.79 Å². The van der Waals surface area contributed by atoms with E-state index in [-0.39, 0.29) is 11.5 Å². The fraction of sp³-hybridized carbons (Fsp3) is 0.500. The minimum atomic E-state index is 0.0514. The van der Waals surface area contributed by atoms with Crippen LogP contribution in [-0.2, 0) is 6.42 Å². The fourth-order valence-electron chi connectivity index (χ4n) is 1.36. The SMILES string of the molecule is C=C([C@H](N)Cc1ccc(Br)s1)C(C)(C)C. The van der Waals surface area contributed by atoms with Crippen LogP contribution >= 0.6 is 27.3 Å². The Morgan fingerprint density at radius 3 is 2.53 bits per heavy atom. The van der Waals surface area contributed by atoms with Gasteiger partial charge >= 0.3 is 0 Å². The number of nitrogens with two attached hydrogens (primary N) is 1. The molecule has 1 heterocycles. The highest BCUT2D eigenvalue weighted by atomic mass is 79.9. The molecule has 0 fully saturated rings. The molecule has 1 rings (SSSR count). The van der Waals surface area contributed by atoms with Crippen molar-refractivity contribution in [1.82, 2.24) is 0 Å². The van der Waals surface area contributed by atoms with Gasteiger partial charge in [-0.05, 0) is 33.5 Å². The Morgan fingerprint density at radius 2 is 2.13 bits per heavy atom. The van der Waals surface area contributed by atoms with Gasteiger partial charge in [0.15, 0.2) is 0 Å². The van der Waals surface area contributed by atoms with E-state index in [1.807, 2.05) is 0 Å². The molecule has 0 aliphatic rings. The lowest BCUT2D eigenvalue weighted by Gasteiger charge is -2.26. The molecule has 1 nitrogen and oxygen atoms in total. The van der Waals surface area contributed by atoms with Crippen LogP contribution in [-0.4, -0.2) is 6.04 Å². The monoisotopic (exact) mass is 287 g/mol. The van der Waals surface area contributed by atoms with E-state index in [9.17, 15) is 0 Å². The largest absolute Gasteiger partial charge is 0.324 e. The molecule has 1 aromatic rings. The molecule has 1 atom stereocenters. The second-order valence-corrected chi connectivity index (χ2v) is 7.34. The lowest BCUT2D eigenvalue weighted by Crippen LogP contribution is -2.31. The van der Waals surface area contributed by atoms with Crippen LogP contribution in [0.4, 0.5) is 0 Å². The molecule has 0 unspecified atom stereocenters. The van der Waals surface area contributed by atoms with Crippen LogP contribution in [0.5, 0.6) is 0 Å². The molecule has 0 saturated carbocycles. The zero-order valence-corrected chi connectivity index (χ0v) is 11.9. The maximum Gasteiger partial charge on any atom is 0.0701 e. The Kier molecular flexibility index (Phi) is 4.15. The fourth-order valence-corrected chi connectivity index (χ4v) is 2.90. The molecule has 84 valence electrons. The first kappa shape index (κ1) is 12.9. The summed E-state index contributed by atoms with van der Waals surface area (Å²) in [5.41, 5.74) is 7.35. The van der Waals surface area contributed by atoms with Crippen molar-refractivity contribution in [2.24, 2.45) is 11.1 Å². The van der Waals surface area contributed by atoms with E-state index in [0.717, 1.165) is 15.8 Å². The van der Waals surface area contributed by atoms with E-state index in [1.54, 1.807) is 11.3 Å². The summed E-state index contributed by atoms with van der Waals surface area (Å²) < 4.78 is 1.16. The number of hydrogen-bond acceptors (Lipinski definition) is 2. The molecule has 0 spiro atoms. The molecule has 0 amide bonds.